The lowest BCUT2D eigenvalue weighted by atomic mass is 9.90. The van der Waals surface area contributed by atoms with E-state index in [0.717, 1.165) is 16.6 Å². The monoisotopic (exact) mass is 449 g/mol. The van der Waals surface area contributed by atoms with Crippen LogP contribution in [0, 0.1) is 5.92 Å². The van der Waals surface area contributed by atoms with E-state index in [1.54, 1.807) is 12.1 Å². The molecular weight excluding hydrogens is 436 g/mol. The number of hydrogen-bond donors (Lipinski definition) is 1. The highest BCUT2D eigenvalue weighted by atomic mass is 79.9. The summed E-state index contributed by atoms with van der Waals surface area (Å²) in [5.41, 5.74) is 0.520. The predicted molar refractivity (Wildman–Crippen MR) is 89.3 cm³/mol. The van der Waals surface area contributed by atoms with Gasteiger partial charge in [-0.25, -0.2) is 0 Å². The molecule has 2 aromatic rings. The molecular formula is C18H14BrF4O4-. The smallest absolute Gasteiger partial charge is 0.461 e. The normalized spacial score (nSPS) is 14.0. The summed E-state index contributed by atoms with van der Waals surface area (Å²) in [5.74, 6) is -3.49. The molecule has 2 rings (SSSR count). The molecule has 4 nitrogen and oxygen atoms in total. The Morgan fingerprint density at radius 3 is 2.37 bits per heavy atom. The van der Waals surface area contributed by atoms with Crippen LogP contribution in [0.4, 0.5) is 17.6 Å². The van der Waals surface area contributed by atoms with E-state index in [-0.39, 0.29) is 12.0 Å². The molecule has 0 aromatic heterocycles. The highest BCUT2D eigenvalue weighted by molar-refractivity contribution is 9.10. The summed E-state index contributed by atoms with van der Waals surface area (Å²) in [6.07, 6.45) is -10.4. The van der Waals surface area contributed by atoms with Gasteiger partial charge in [0.1, 0.15) is 5.75 Å². The van der Waals surface area contributed by atoms with Gasteiger partial charge in [-0.15, -0.1) is 0 Å². The maximum absolute atomic E-state index is 13.0. The van der Waals surface area contributed by atoms with Crippen molar-refractivity contribution >= 4 is 21.9 Å². The minimum atomic E-state index is -4.68. The van der Waals surface area contributed by atoms with E-state index in [1.165, 1.54) is 24.3 Å². The number of ether oxygens (including phenoxy) is 1. The molecule has 0 aliphatic carbocycles. The Bertz CT molecular complexity index is 783. The molecule has 0 saturated heterocycles. The minimum absolute atomic E-state index is 0.197. The number of aliphatic carboxylic acids is 1. The van der Waals surface area contributed by atoms with Gasteiger partial charge in [-0.3, -0.25) is 0 Å². The van der Waals surface area contributed by atoms with E-state index in [9.17, 15) is 32.6 Å². The van der Waals surface area contributed by atoms with Crippen LogP contribution >= 0.6 is 15.9 Å². The Morgan fingerprint density at radius 2 is 1.81 bits per heavy atom. The average molecular weight is 450 g/mol. The molecule has 0 aliphatic rings. The van der Waals surface area contributed by atoms with Crippen molar-refractivity contribution < 1.29 is 37.3 Å². The number of carbonyl (C=O) groups is 1. The number of alkyl halides is 4. The fraction of sp³-hybridized carbons (Fsp3) is 0.278. The van der Waals surface area contributed by atoms with Crippen LogP contribution in [-0.2, 0) is 11.2 Å². The molecule has 0 saturated carbocycles. The fourth-order valence-electron chi connectivity index (χ4n) is 2.41. The molecule has 2 unspecified atom stereocenters. The van der Waals surface area contributed by atoms with Gasteiger partial charge in [0.05, 0.1) is 6.10 Å². The van der Waals surface area contributed by atoms with Crippen molar-refractivity contribution in [1.82, 2.24) is 0 Å². The average Bonchev–Trinajstić information content (AvgIpc) is 2.59. The summed E-state index contributed by atoms with van der Waals surface area (Å²) < 4.78 is 55.2. The molecule has 0 amide bonds. The summed E-state index contributed by atoms with van der Waals surface area (Å²) in [6, 6.07) is 11.0. The second-order valence-corrected chi connectivity index (χ2v) is 6.65. The molecule has 146 valence electrons. The van der Waals surface area contributed by atoms with Crippen molar-refractivity contribution in [3.8, 4) is 5.75 Å². The Hall–Kier alpha value is -2.13. The molecule has 27 heavy (non-hydrogen) atoms. The number of hydrogen-bond acceptors (Lipinski definition) is 4. The van der Waals surface area contributed by atoms with Crippen LogP contribution in [-0.4, -0.2) is 23.6 Å². The molecule has 9 heteroatoms. The summed E-state index contributed by atoms with van der Waals surface area (Å²) in [4.78, 5) is 11.5. The van der Waals surface area contributed by atoms with Crippen LogP contribution in [0.3, 0.4) is 0 Å². The molecule has 0 heterocycles. The first-order valence-electron chi connectivity index (χ1n) is 7.68. The van der Waals surface area contributed by atoms with Gasteiger partial charge in [0, 0.05) is 16.4 Å². The number of carboxylic acids is 1. The third-order valence-corrected chi connectivity index (χ3v) is 4.29. The van der Waals surface area contributed by atoms with E-state index in [1.807, 2.05) is 0 Å². The van der Waals surface area contributed by atoms with Crippen molar-refractivity contribution in [2.45, 2.75) is 25.1 Å². The van der Waals surface area contributed by atoms with Crippen LogP contribution in [0.15, 0.2) is 53.0 Å². The van der Waals surface area contributed by atoms with Crippen LogP contribution in [0.5, 0.6) is 5.75 Å². The fourth-order valence-corrected chi connectivity index (χ4v) is 2.67. The maximum atomic E-state index is 13.0. The lowest BCUT2D eigenvalue weighted by Crippen LogP contribution is -2.36. The van der Waals surface area contributed by atoms with Crippen molar-refractivity contribution in [1.29, 1.82) is 0 Å². The van der Waals surface area contributed by atoms with Crippen molar-refractivity contribution in [3.05, 3.63) is 64.1 Å². The number of benzene rings is 2. The Kier molecular flexibility index (Phi) is 6.83. The van der Waals surface area contributed by atoms with E-state index in [2.05, 4.69) is 20.7 Å². The lowest BCUT2D eigenvalue weighted by molar-refractivity contribution is -0.314. The van der Waals surface area contributed by atoms with E-state index in [0.29, 0.717) is 5.56 Å². The zero-order valence-electron chi connectivity index (χ0n) is 13.6. The number of carboxylic acid groups (broad SMARTS) is 1. The number of aliphatic hydroxyl groups is 1. The van der Waals surface area contributed by atoms with Gasteiger partial charge >= 0.3 is 12.5 Å². The van der Waals surface area contributed by atoms with E-state index in [4.69, 9.17) is 0 Å². The number of halogens is 5. The zero-order chi connectivity index (χ0) is 20.2. The topological polar surface area (TPSA) is 69.6 Å². The Labute approximate surface area is 160 Å². The van der Waals surface area contributed by atoms with Gasteiger partial charge in [0.25, 0.3) is 0 Å². The second-order valence-electron chi connectivity index (χ2n) is 5.74. The van der Waals surface area contributed by atoms with Crippen LogP contribution in [0.25, 0.3) is 0 Å². The third-order valence-electron chi connectivity index (χ3n) is 3.76. The minimum Gasteiger partial charge on any atom is -0.550 e. The summed E-state index contributed by atoms with van der Waals surface area (Å²) >= 11 is 3.22. The van der Waals surface area contributed by atoms with Gasteiger partial charge in [-0.2, -0.15) is 17.6 Å². The third kappa shape index (κ3) is 5.67. The van der Waals surface area contributed by atoms with E-state index < -0.39 is 36.3 Å². The van der Waals surface area contributed by atoms with Gasteiger partial charge < -0.3 is 19.7 Å². The highest BCUT2D eigenvalue weighted by Crippen LogP contribution is 2.30. The van der Waals surface area contributed by atoms with Crippen molar-refractivity contribution in [2.24, 2.45) is 5.92 Å². The van der Waals surface area contributed by atoms with Crippen molar-refractivity contribution in [3.63, 3.8) is 0 Å². The lowest BCUT2D eigenvalue weighted by Gasteiger charge is -2.25. The number of rotatable bonds is 8. The Morgan fingerprint density at radius 1 is 1.19 bits per heavy atom. The van der Waals surface area contributed by atoms with Crippen LogP contribution in [0.1, 0.15) is 17.2 Å². The molecule has 0 aliphatic heterocycles. The number of aliphatic hydroxyl groups excluding tert-OH is 1. The first-order chi connectivity index (χ1) is 12.6. The standard InChI is InChI=1S/C18H15BrF4O4/c19-12-6-4-11(5-7-12)15(24)14(16(25)26)9-10-2-1-3-13(8-10)27-18(22,23)17(20)21/h1-8,14-15,17,24H,9H2,(H,25,26)/p-1. The Balaban J connectivity index is 2.20. The molecule has 2 aromatic carbocycles. The maximum Gasteiger partial charge on any atom is 0.461 e. The van der Waals surface area contributed by atoms with Gasteiger partial charge in [0.2, 0.25) is 0 Å². The first kappa shape index (κ1) is 21.2. The van der Waals surface area contributed by atoms with Gasteiger partial charge in [-0.05, 0) is 41.8 Å². The molecule has 2 atom stereocenters. The van der Waals surface area contributed by atoms with E-state index >= 15 is 0 Å². The highest BCUT2D eigenvalue weighted by Gasteiger charge is 2.44. The van der Waals surface area contributed by atoms with Crippen LogP contribution < -0.4 is 9.84 Å². The molecule has 1 N–H and O–H groups in total. The second kappa shape index (κ2) is 8.71. The molecule has 0 bridgehead atoms. The number of carbonyl (C=O) groups excluding carboxylic acids is 1. The van der Waals surface area contributed by atoms with Crippen LogP contribution in [0.2, 0.25) is 0 Å². The van der Waals surface area contributed by atoms with Gasteiger partial charge in [-0.1, -0.05) is 40.2 Å². The largest absolute Gasteiger partial charge is 0.550 e. The molecule has 0 fully saturated rings. The first-order valence-corrected chi connectivity index (χ1v) is 8.47. The molecule has 0 radical (unpaired) electrons. The quantitative estimate of drug-likeness (QED) is 0.627. The SMILES string of the molecule is O=C([O-])C(Cc1cccc(OC(F)(F)C(F)F)c1)C(O)c1ccc(Br)cc1. The summed E-state index contributed by atoms with van der Waals surface area (Å²) in [7, 11) is 0. The van der Waals surface area contributed by atoms with Crippen molar-refractivity contribution in [2.75, 3.05) is 0 Å². The summed E-state index contributed by atoms with van der Waals surface area (Å²) in [5, 5.41) is 21.8. The zero-order valence-corrected chi connectivity index (χ0v) is 15.2. The summed E-state index contributed by atoms with van der Waals surface area (Å²) in [6.45, 7) is 0. The predicted octanol–water partition coefficient (Wildman–Crippen LogP) is 3.33. The van der Waals surface area contributed by atoms with Gasteiger partial charge in [0.15, 0.2) is 0 Å². The molecule has 0 spiro atoms.